The summed E-state index contributed by atoms with van der Waals surface area (Å²) in [5, 5.41) is 5.98. The molecule has 0 aliphatic rings. The first-order valence-electron chi connectivity index (χ1n) is 12.9. The van der Waals surface area contributed by atoms with E-state index in [1.54, 1.807) is 4.90 Å². The lowest BCUT2D eigenvalue weighted by molar-refractivity contribution is -0.141. The van der Waals surface area contributed by atoms with E-state index < -0.39 is 6.04 Å². The molecule has 0 aliphatic heterocycles. The summed E-state index contributed by atoms with van der Waals surface area (Å²) in [7, 11) is 0. The summed E-state index contributed by atoms with van der Waals surface area (Å²) in [6.07, 6.45) is 2.19. The summed E-state index contributed by atoms with van der Waals surface area (Å²) < 4.78 is 0. The van der Waals surface area contributed by atoms with Crippen LogP contribution in [0.15, 0.2) is 97.1 Å². The van der Waals surface area contributed by atoms with Crippen LogP contribution in [-0.4, -0.2) is 29.3 Å². The second kappa shape index (κ2) is 13.1. The van der Waals surface area contributed by atoms with Gasteiger partial charge in [-0.15, -0.1) is 0 Å². The maximum atomic E-state index is 13.9. The van der Waals surface area contributed by atoms with E-state index in [1.807, 2.05) is 79.7 Å². The number of amides is 2. The van der Waals surface area contributed by atoms with Crippen molar-refractivity contribution in [2.24, 2.45) is 0 Å². The molecule has 5 heteroatoms. The molecule has 4 aromatic carbocycles. The third kappa shape index (κ3) is 7.21. The van der Waals surface area contributed by atoms with Crippen LogP contribution in [0.3, 0.4) is 0 Å². The first-order chi connectivity index (χ1) is 18.0. The van der Waals surface area contributed by atoms with Gasteiger partial charge in [0.2, 0.25) is 11.8 Å². The standard InChI is InChI=1S/C32H33ClN2O2/c1-2-21-34-32(37)30(22-24-9-4-3-5-10-24)35(23-25-15-18-28(33)19-16-25)31(36)20-17-27-13-8-12-26-11-6-7-14-29(26)27/h3-16,18-19,30H,2,17,20-23H2,1H3,(H,34,37)/t30-/m0/s1. The zero-order valence-electron chi connectivity index (χ0n) is 21.2. The van der Waals surface area contributed by atoms with Gasteiger partial charge in [0, 0.05) is 31.0 Å². The molecule has 4 aromatic rings. The highest BCUT2D eigenvalue weighted by Crippen LogP contribution is 2.22. The Morgan fingerprint density at radius 2 is 1.54 bits per heavy atom. The maximum Gasteiger partial charge on any atom is 0.243 e. The fourth-order valence-electron chi connectivity index (χ4n) is 4.60. The number of hydrogen-bond acceptors (Lipinski definition) is 2. The van der Waals surface area contributed by atoms with Crippen LogP contribution in [0, 0.1) is 0 Å². The van der Waals surface area contributed by atoms with Gasteiger partial charge in [-0.1, -0.05) is 103 Å². The molecule has 0 unspecified atom stereocenters. The maximum absolute atomic E-state index is 13.9. The Balaban J connectivity index is 1.62. The molecule has 0 aromatic heterocycles. The average Bonchev–Trinajstić information content (AvgIpc) is 2.93. The lowest BCUT2D eigenvalue weighted by Crippen LogP contribution is -2.50. The third-order valence-electron chi connectivity index (χ3n) is 6.57. The molecule has 0 saturated carbocycles. The van der Waals surface area contributed by atoms with Crippen molar-refractivity contribution in [3.05, 3.63) is 119 Å². The molecule has 1 atom stereocenters. The fourth-order valence-corrected chi connectivity index (χ4v) is 4.73. The molecule has 0 radical (unpaired) electrons. The largest absolute Gasteiger partial charge is 0.354 e. The van der Waals surface area contributed by atoms with Crippen molar-refractivity contribution in [3.8, 4) is 0 Å². The molecular weight excluding hydrogens is 480 g/mol. The van der Waals surface area contributed by atoms with Gasteiger partial charge in [-0.3, -0.25) is 9.59 Å². The second-order valence-corrected chi connectivity index (χ2v) is 9.72. The van der Waals surface area contributed by atoms with Crippen molar-refractivity contribution in [2.45, 2.75) is 45.2 Å². The highest BCUT2D eigenvalue weighted by atomic mass is 35.5. The van der Waals surface area contributed by atoms with Crippen molar-refractivity contribution in [1.29, 1.82) is 0 Å². The number of benzene rings is 4. The van der Waals surface area contributed by atoms with Gasteiger partial charge >= 0.3 is 0 Å². The number of rotatable bonds is 11. The van der Waals surface area contributed by atoms with Gasteiger partial charge in [0.05, 0.1) is 0 Å². The van der Waals surface area contributed by atoms with Gasteiger partial charge < -0.3 is 10.2 Å². The van der Waals surface area contributed by atoms with Crippen LogP contribution in [0.5, 0.6) is 0 Å². The Morgan fingerprint density at radius 1 is 0.838 bits per heavy atom. The van der Waals surface area contributed by atoms with E-state index in [1.165, 1.54) is 0 Å². The zero-order chi connectivity index (χ0) is 26.0. The van der Waals surface area contributed by atoms with E-state index >= 15 is 0 Å². The van der Waals surface area contributed by atoms with Crippen molar-refractivity contribution in [1.82, 2.24) is 10.2 Å². The minimum absolute atomic E-state index is 0.0459. The van der Waals surface area contributed by atoms with Crippen LogP contribution in [-0.2, 0) is 29.0 Å². The SMILES string of the molecule is CCCNC(=O)[C@H](Cc1ccccc1)N(Cc1ccc(Cl)cc1)C(=O)CCc1cccc2ccccc12. The van der Waals surface area contributed by atoms with Crippen molar-refractivity contribution >= 4 is 34.2 Å². The predicted molar refractivity (Wildman–Crippen MR) is 152 cm³/mol. The molecule has 0 heterocycles. The number of aryl methyl sites for hydroxylation is 1. The molecule has 4 rings (SSSR count). The summed E-state index contributed by atoms with van der Waals surface area (Å²) in [5.74, 6) is -0.173. The first-order valence-corrected chi connectivity index (χ1v) is 13.2. The highest BCUT2D eigenvalue weighted by molar-refractivity contribution is 6.30. The van der Waals surface area contributed by atoms with Crippen molar-refractivity contribution in [3.63, 3.8) is 0 Å². The van der Waals surface area contributed by atoms with Gasteiger partial charge in [-0.05, 0) is 52.4 Å². The van der Waals surface area contributed by atoms with E-state index in [2.05, 4.69) is 29.6 Å². The van der Waals surface area contributed by atoms with Gasteiger partial charge in [-0.25, -0.2) is 0 Å². The summed E-state index contributed by atoms with van der Waals surface area (Å²) in [4.78, 5) is 29.0. The van der Waals surface area contributed by atoms with Crippen LogP contribution in [0.1, 0.15) is 36.5 Å². The molecule has 0 fully saturated rings. The molecule has 0 saturated heterocycles. The van der Waals surface area contributed by atoms with E-state index in [4.69, 9.17) is 11.6 Å². The van der Waals surface area contributed by atoms with E-state index in [9.17, 15) is 9.59 Å². The number of carbonyl (C=O) groups is 2. The van der Waals surface area contributed by atoms with E-state index in [0.29, 0.717) is 37.4 Å². The first kappa shape index (κ1) is 26.4. The Labute approximate surface area is 224 Å². The van der Waals surface area contributed by atoms with Gasteiger partial charge in [0.15, 0.2) is 0 Å². The second-order valence-electron chi connectivity index (χ2n) is 9.28. The molecule has 37 heavy (non-hydrogen) atoms. The van der Waals surface area contributed by atoms with Crippen LogP contribution < -0.4 is 5.32 Å². The number of nitrogens with one attached hydrogen (secondary N) is 1. The van der Waals surface area contributed by atoms with Crippen LogP contribution >= 0.6 is 11.6 Å². The Bertz CT molecular complexity index is 1320. The van der Waals surface area contributed by atoms with Crippen LogP contribution in [0.4, 0.5) is 0 Å². The van der Waals surface area contributed by atoms with Crippen LogP contribution in [0.25, 0.3) is 10.8 Å². The van der Waals surface area contributed by atoms with Crippen LogP contribution in [0.2, 0.25) is 5.02 Å². The monoisotopic (exact) mass is 512 g/mol. The molecule has 4 nitrogen and oxygen atoms in total. The lowest BCUT2D eigenvalue weighted by atomic mass is 9.99. The average molecular weight is 513 g/mol. The summed E-state index contributed by atoms with van der Waals surface area (Å²) in [6.45, 7) is 2.93. The number of hydrogen-bond donors (Lipinski definition) is 1. The third-order valence-corrected chi connectivity index (χ3v) is 6.83. The number of nitrogens with zero attached hydrogens (tertiary/aromatic N) is 1. The van der Waals surface area contributed by atoms with Gasteiger partial charge in [0.25, 0.3) is 0 Å². The zero-order valence-corrected chi connectivity index (χ0v) is 22.0. The molecule has 190 valence electrons. The molecule has 0 bridgehead atoms. The van der Waals surface area contributed by atoms with Crippen molar-refractivity contribution in [2.75, 3.05) is 6.54 Å². The Kier molecular flexibility index (Phi) is 9.34. The van der Waals surface area contributed by atoms with Gasteiger partial charge in [0.1, 0.15) is 6.04 Å². The van der Waals surface area contributed by atoms with E-state index in [0.717, 1.165) is 33.9 Å². The number of fused-ring (bicyclic) bond motifs is 1. The number of halogens is 1. The summed E-state index contributed by atoms with van der Waals surface area (Å²) in [5.41, 5.74) is 3.08. The fraction of sp³-hybridized carbons (Fsp3) is 0.250. The molecular formula is C32H33ClN2O2. The van der Waals surface area contributed by atoms with E-state index in [-0.39, 0.29) is 11.8 Å². The molecule has 0 aliphatic carbocycles. The topological polar surface area (TPSA) is 49.4 Å². The van der Waals surface area contributed by atoms with Crippen molar-refractivity contribution < 1.29 is 9.59 Å². The summed E-state index contributed by atoms with van der Waals surface area (Å²) >= 11 is 6.11. The Hall–Kier alpha value is -3.63. The quantitative estimate of drug-likeness (QED) is 0.246. The van der Waals surface area contributed by atoms with Gasteiger partial charge in [-0.2, -0.15) is 0 Å². The smallest absolute Gasteiger partial charge is 0.243 e. The molecule has 2 amide bonds. The predicted octanol–water partition coefficient (Wildman–Crippen LogP) is 6.59. The minimum Gasteiger partial charge on any atom is -0.354 e. The lowest BCUT2D eigenvalue weighted by Gasteiger charge is -2.31. The summed E-state index contributed by atoms with van der Waals surface area (Å²) in [6, 6.07) is 31.1. The molecule has 1 N–H and O–H groups in total. The minimum atomic E-state index is -0.621. The molecule has 0 spiro atoms. The number of carbonyl (C=O) groups excluding carboxylic acids is 2. The Morgan fingerprint density at radius 3 is 2.30 bits per heavy atom. The normalized spacial score (nSPS) is 11.7. The highest BCUT2D eigenvalue weighted by Gasteiger charge is 2.30.